The third kappa shape index (κ3) is 5.46. The molecule has 7 heteroatoms. The minimum atomic E-state index is -0.471. The second kappa shape index (κ2) is 11.1. The molecular weight excluding hydrogens is 492 g/mol. The molecule has 0 aromatic heterocycles. The van der Waals surface area contributed by atoms with Crippen molar-refractivity contribution in [2.24, 2.45) is 10.4 Å². The highest BCUT2D eigenvalue weighted by molar-refractivity contribution is 6.14. The Balaban J connectivity index is 1.75. The third-order valence-corrected chi connectivity index (χ3v) is 7.57. The van der Waals surface area contributed by atoms with E-state index in [-0.39, 0.29) is 29.2 Å². The average Bonchev–Trinajstić information content (AvgIpc) is 3.63. The van der Waals surface area contributed by atoms with Crippen LogP contribution in [0.5, 0.6) is 11.5 Å². The molecule has 1 saturated carbocycles. The Bertz CT molecular complexity index is 1270. The van der Waals surface area contributed by atoms with Crippen molar-refractivity contribution in [3.05, 3.63) is 52.6 Å². The fourth-order valence-corrected chi connectivity index (χ4v) is 5.73. The normalized spacial score (nSPS) is 21.6. The summed E-state index contributed by atoms with van der Waals surface area (Å²) in [6.07, 6.45) is 8.17. The zero-order valence-corrected chi connectivity index (χ0v) is 24.6. The Hall–Kier alpha value is -3.19. The predicted octanol–water partition coefficient (Wildman–Crippen LogP) is 6.02. The molecule has 39 heavy (non-hydrogen) atoms. The summed E-state index contributed by atoms with van der Waals surface area (Å²) in [5.74, 6) is 1.14. The van der Waals surface area contributed by atoms with Gasteiger partial charge in [-0.1, -0.05) is 33.8 Å². The van der Waals surface area contributed by atoms with Gasteiger partial charge < -0.3 is 19.1 Å². The Morgan fingerprint density at radius 2 is 1.72 bits per heavy atom. The number of hydrogen-bond acceptors (Lipinski definition) is 6. The van der Waals surface area contributed by atoms with Crippen molar-refractivity contribution in [3.8, 4) is 11.5 Å². The van der Waals surface area contributed by atoms with Crippen LogP contribution in [-0.2, 0) is 19.9 Å². The van der Waals surface area contributed by atoms with Gasteiger partial charge in [-0.3, -0.25) is 9.59 Å². The molecule has 1 heterocycles. The fraction of sp³-hybridized carbons (Fsp3) is 0.531. The van der Waals surface area contributed by atoms with E-state index in [4.69, 9.17) is 14.2 Å². The van der Waals surface area contributed by atoms with E-state index in [9.17, 15) is 9.59 Å². The highest BCUT2D eigenvalue weighted by atomic mass is 16.5. The van der Waals surface area contributed by atoms with Gasteiger partial charge in [-0.15, -0.1) is 0 Å². The van der Waals surface area contributed by atoms with E-state index in [0.717, 1.165) is 47.6 Å². The first-order valence-corrected chi connectivity index (χ1v) is 14.0. The van der Waals surface area contributed by atoms with Crippen LogP contribution >= 0.6 is 0 Å². The van der Waals surface area contributed by atoms with Crippen molar-refractivity contribution in [2.45, 2.75) is 79.4 Å². The minimum Gasteiger partial charge on any atom is -0.490 e. The molecule has 0 N–H and O–H groups in total. The van der Waals surface area contributed by atoms with Crippen molar-refractivity contribution in [3.63, 3.8) is 0 Å². The summed E-state index contributed by atoms with van der Waals surface area (Å²) < 4.78 is 17.6. The molecule has 3 aliphatic rings. The smallest absolute Gasteiger partial charge is 0.242 e. The summed E-state index contributed by atoms with van der Waals surface area (Å²) in [5, 5.41) is 0. The predicted molar refractivity (Wildman–Crippen MR) is 154 cm³/mol. The van der Waals surface area contributed by atoms with Crippen LogP contribution in [0.3, 0.4) is 0 Å². The molecule has 1 unspecified atom stereocenters. The molecule has 1 atom stereocenters. The summed E-state index contributed by atoms with van der Waals surface area (Å²) in [6.45, 7) is 15.0. The van der Waals surface area contributed by atoms with Crippen LogP contribution in [-0.4, -0.2) is 55.3 Å². The number of ether oxygens (including phenoxy) is 3. The summed E-state index contributed by atoms with van der Waals surface area (Å²) in [7, 11) is 1.60. The number of ketones is 1. The Labute approximate surface area is 232 Å². The zero-order chi connectivity index (χ0) is 28.5. The second-order valence-corrected chi connectivity index (χ2v) is 11.4. The number of Topliss-reactive ketones (excluding diaryl/α,β-unsaturated/α-hetero) is 1. The standard InChI is InChI=1S/C32H42N2O5/c1-9-12-26-22-17-28(38-10-2)29(39-11-3)18-23(22)32(13-14-32)34(26)19-27(36)21-15-24(31(5,6)7)30(37-8)25(16-21)33-20(4)35/h12,15-18,30H,9-11,13-14,19H2,1-8H3. The van der Waals surface area contributed by atoms with Gasteiger partial charge in [-0.2, -0.15) is 0 Å². The maximum absolute atomic E-state index is 14.0. The van der Waals surface area contributed by atoms with E-state index in [0.29, 0.717) is 24.5 Å². The number of nitrogens with zero attached hydrogens (tertiary/aromatic N) is 2. The van der Waals surface area contributed by atoms with Gasteiger partial charge >= 0.3 is 0 Å². The molecule has 0 saturated heterocycles. The lowest BCUT2D eigenvalue weighted by Gasteiger charge is -2.33. The second-order valence-electron chi connectivity index (χ2n) is 11.4. The molecule has 0 bridgehead atoms. The van der Waals surface area contributed by atoms with Crippen LogP contribution in [0.1, 0.15) is 78.9 Å². The number of carbonyl (C=O) groups is 2. The summed E-state index contributed by atoms with van der Waals surface area (Å²) in [4.78, 5) is 32.4. The number of aliphatic imine (C=N–C) groups is 1. The number of carbonyl (C=O) groups excluding carboxylic acids is 2. The van der Waals surface area contributed by atoms with Gasteiger partial charge in [0.1, 0.15) is 6.10 Å². The quantitative estimate of drug-likeness (QED) is 0.385. The molecule has 210 valence electrons. The maximum atomic E-state index is 14.0. The van der Waals surface area contributed by atoms with Crippen LogP contribution < -0.4 is 9.47 Å². The largest absolute Gasteiger partial charge is 0.490 e. The van der Waals surface area contributed by atoms with Crippen molar-refractivity contribution >= 4 is 23.1 Å². The van der Waals surface area contributed by atoms with Crippen LogP contribution in [0.4, 0.5) is 0 Å². The van der Waals surface area contributed by atoms with Gasteiger partial charge in [-0.05, 0) is 73.9 Å². The summed E-state index contributed by atoms with van der Waals surface area (Å²) in [6, 6.07) is 4.19. The van der Waals surface area contributed by atoms with E-state index in [1.54, 1.807) is 13.2 Å². The van der Waals surface area contributed by atoms with Crippen molar-refractivity contribution < 1.29 is 23.8 Å². The molecule has 1 aromatic carbocycles. The van der Waals surface area contributed by atoms with Crippen LogP contribution in [0.25, 0.3) is 5.70 Å². The molecule has 1 aliphatic heterocycles. The van der Waals surface area contributed by atoms with Crippen LogP contribution in [0.15, 0.2) is 46.5 Å². The van der Waals surface area contributed by atoms with Gasteiger partial charge in [0.05, 0.1) is 31.0 Å². The van der Waals surface area contributed by atoms with E-state index in [1.165, 1.54) is 12.5 Å². The molecule has 7 nitrogen and oxygen atoms in total. The van der Waals surface area contributed by atoms with Crippen molar-refractivity contribution in [1.82, 2.24) is 4.90 Å². The van der Waals surface area contributed by atoms with Gasteiger partial charge in [-0.25, -0.2) is 4.99 Å². The minimum absolute atomic E-state index is 0.0151. The lowest BCUT2D eigenvalue weighted by molar-refractivity contribution is -0.117. The van der Waals surface area contributed by atoms with Crippen molar-refractivity contribution in [2.75, 3.05) is 26.9 Å². The fourth-order valence-electron chi connectivity index (χ4n) is 5.73. The van der Waals surface area contributed by atoms with E-state index >= 15 is 0 Å². The first-order valence-electron chi connectivity index (χ1n) is 14.0. The van der Waals surface area contributed by atoms with Gasteiger partial charge in [0.2, 0.25) is 5.91 Å². The van der Waals surface area contributed by atoms with Gasteiger partial charge in [0.25, 0.3) is 0 Å². The average molecular weight is 535 g/mol. The SMILES string of the molecule is CCC=C1c2cc(OCC)c(OCC)cc2C2(CC2)N1CC(=O)C1=CC(=NC(C)=O)C(OC)C(C(C)(C)C)=C1. The lowest BCUT2D eigenvalue weighted by Crippen LogP contribution is -2.37. The lowest BCUT2D eigenvalue weighted by atomic mass is 9.77. The molecule has 1 aromatic rings. The first-order chi connectivity index (χ1) is 18.5. The Morgan fingerprint density at radius 1 is 1.08 bits per heavy atom. The third-order valence-electron chi connectivity index (χ3n) is 7.57. The van der Waals surface area contributed by atoms with Gasteiger partial charge in [0, 0.05) is 30.9 Å². The summed E-state index contributed by atoms with van der Waals surface area (Å²) in [5.41, 5.74) is 4.80. The topological polar surface area (TPSA) is 77.4 Å². The van der Waals surface area contributed by atoms with Crippen LogP contribution in [0.2, 0.25) is 0 Å². The molecular formula is C32H42N2O5. The molecule has 1 fully saturated rings. The Kier molecular flexibility index (Phi) is 8.22. The molecule has 4 rings (SSSR count). The van der Waals surface area contributed by atoms with Gasteiger partial charge in [0.15, 0.2) is 17.3 Å². The number of allylic oxidation sites excluding steroid dienone is 2. The zero-order valence-electron chi connectivity index (χ0n) is 24.6. The number of fused-ring (bicyclic) bond motifs is 2. The Morgan fingerprint density at radius 3 is 2.23 bits per heavy atom. The number of methoxy groups -OCH3 is 1. The number of hydrogen-bond donors (Lipinski definition) is 0. The number of rotatable bonds is 9. The molecule has 1 amide bonds. The monoisotopic (exact) mass is 534 g/mol. The van der Waals surface area contributed by atoms with Crippen molar-refractivity contribution in [1.29, 1.82) is 0 Å². The van der Waals surface area contributed by atoms with Crippen LogP contribution in [0, 0.1) is 5.41 Å². The number of amides is 1. The highest BCUT2D eigenvalue weighted by Gasteiger charge is 2.56. The maximum Gasteiger partial charge on any atom is 0.242 e. The number of benzene rings is 1. The molecule has 0 radical (unpaired) electrons. The summed E-state index contributed by atoms with van der Waals surface area (Å²) >= 11 is 0. The van der Waals surface area contributed by atoms with E-state index in [2.05, 4.69) is 55.8 Å². The molecule has 1 spiro atoms. The first kappa shape index (κ1) is 28.8. The molecule has 2 aliphatic carbocycles. The highest BCUT2D eigenvalue weighted by Crippen LogP contribution is 2.61. The van der Waals surface area contributed by atoms with E-state index < -0.39 is 6.10 Å². The van der Waals surface area contributed by atoms with E-state index in [1.807, 2.05) is 19.9 Å².